The first kappa shape index (κ1) is 19.8. The molecule has 29 heavy (non-hydrogen) atoms. The number of rotatable bonds is 7. The molecule has 1 aromatic carbocycles. The monoisotopic (exact) mass is 410 g/mol. The van der Waals surface area contributed by atoms with Crippen LogP contribution in [0.4, 0.5) is 0 Å². The summed E-state index contributed by atoms with van der Waals surface area (Å²) in [5, 5.41) is 4.83. The Labute approximate surface area is 172 Å². The fourth-order valence-corrected chi connectivity index (χ4v) is 4.89. The van der Waals surface area contributed by atoms with Crippen molar-refractivity contribution in [3.05, 3.63) is 65.6 Å². The second kappa shape index (κ2) is 8.47. The molecule has 0 saturated heterocycles. The van der Waals surface area contributed by atoms with E-state index in [1.165, 1.54) is 11.3 Å². The third-order valence-corrected chi connectivity index (χ3v) is 6.95. The van der Waals surface area contributed by atoms with Crippen LogP contribution in [0, 0.1) is 0 Å². The van der Waals surface area contributed by atoms with E-state index in [4.69, 9.17) is 5.10 Å². The number of aryl methyl sites for hydroxylation is 1. The van der Waals surface area contributed by atoms with Gasteiger partial charge in [0.05, 0.1) is 17.1 Å². The molecule has 0 aliphatic heterocycles. The molecule has 0 unspecified atom stereocenters. The average molecular weight is 411 g/mol. The van der Waals surface area contributed by atoms with E-state index in [0.29, 0.717) is 18.0 Å². The van der Waals surface area contributed by atoms with Gasteiger partial charge in [0, 0.05) is 35.8 Å². The van der Waals surface area contributed by atoms with Crippen molar-refractivity contribution < 1.29 is 8.42 Å². The Bertz CT molecular complexity index is 1070. The van der Waals surface area contributed by atoms with Gasteiger partial charge in [-0.3, -0.25) is 9.67 Å². The van der Waals surface area contributed by atoms with Gasteiger partial charge in [0.15, 0.2) is 0 Å². The van der Waals surface area contributed by atoms with Gasteiger partial charge in [-0.25, -0.2) is 13.1 Å². The van der Waals surface area contributed by atoms with Crippen molar-refractivity contribution in [2.24, 2.45) is 0 Å². The van der Waals surface area contributed by atoms with E-state index in [1.54, 1.807) is 24.5 Å². The SMILES string of the molecule is CCc1ccc(S(=O)(=O)NCCn2nc(-c3ccncc3)c3c2CCCC3)cc1. The first-order valence-corrected chi connectivity index (χ1v) is 11.6. The van der Waals surface area contributed by atoms with Gasteiger partial charge in [0.2, 0.25) is 10.0 Å². The summed E-state index contributed by atoms with van der Waals surface area (Å²) in [6.07, 6.45) is 8.75. The number of nitrogens with one attached hydrogen (secondary N) is 1. The van der Waals surface area contributed by atoms with Gasteiger partial charge in [-0.1, -0.05) is 19.1 Å². The number of pyridine rings is 1. The van der Waals surface area contributed by atoms with Crippen molar-refractivity contribution in [2.75, 3.05) is 6.54 Å². The first-order chi connectivity index (χ1) is 14.1. The highest BCUT2D eigenvalue weighted by molar-refractivity contribution is 7.89. The summed E-state index contributed by atoms with van der Waals surface area (Å²) in [5.74, 6) is 0. The number of benzene rings is 1. The summed E-state index contributed by atoms with van der Waals surface area (Å²) in [7, 11) is -3.52. The lowest BCUT2D eigenvalue weighted by atomic mass is 9.94. The molecule has 1 N–H and O–H groups in total. The van der Waals surface area contributed by atoms with Crippen molar-refractivity contribution >= 4 is 10.0 Å². The van der Waals surface area contributed by atoms with Crippen LogP contribution < -0.4 is 4.72 Å². The highest BCUT2D eigenvalue weighted by Crippen LogP contribution is 2.30. The minimum atomic E-state index is -3.52. The Morgan fingerprint density at radius 1 is 1.03 bits per heavy atom. The Morgan fingerprint density at radius 3 is 2.48 bits per heavy atom. The summed E-state index contributed by atoms with van der Waals surface area (Å²) in [5.41, 5.74) is 5.71. The fraction of sp³-hybridized carbons (Fsp3) is 0.364. The zero-order valence-corrected chi connectivity index (χ0v) is 17.5. The Kier molecular flexibility index (Phi) is 5.78. The maximum Gasteiger partial charge on any atom is 0.240 e. The van der Waals surface area contributed by atoms with Crippen LogP contribution in [0.3, 0.4) is 0 Å². The van der Waals surface area contributed by atoms with Gasteiger partial charge in [-0.2, -0.15) is 5.10 Å². The predicted octanol–water partition coefficient (Wildman–Crippen LogP) is 3.36. The van der Waals surface area contributed by atoms with Gasteiger partial charge in [-0.15, -0.1) is 0 Å². The Hall–Kier alpha value is -2.51. The van der Waals surface area contributed by atoms with Gasteiger partial charge in [0.25, 0.3) is 0 Å². The summed E-state index contributed by atoms with van der Waals surface area (Å²) < 4.78 is 29.9. The smallest absolute Gasteiger partial charge is 0.240 e. The second-order valence-corrected chi connectivity index (χ2v) is 9.10. The first-order valence-electron chi connectivity index (χ1n) is 10.2. The maximum atomic E-state index is 12.6. The van der Waals surface area contributed by atoms with E-state index in [1.807, 2.05) is 35.9 Å². The molecule has 6 nitrogen and oxygen atoms in total. The van der Waals surface area contributed by atoms with Gasteiger partial charge in [0.1, 0.15) is 0 Å². The topological polar surface area (TPSA) is 76.9 Å². The molecule has 0 fully saturated rings. The minimum Gasteiger partial charge on any atom is -0.267 e. The number of hydrogen-bond donors (Lipinski definition) is 1. The van der Waals surface area contributed by atoms with E-state index in [9.17, 15) is 8.42 Å². The lowest BCUT2D eigenvalue weighted by molar-refractivity contribution is 0.539. The molecule has 0 amide bonds. The van der Waals surface area contributed by atoms with Crippen molar-refractivity contribution in [1.29, 1.82) is 0 Å². The standard InChI is InChI=1S/C22H26N4O2S/c1-2-17-7-9-19(10-8-17)29(27,28)24-15-16-26-21-6-4-3-5-20(21)22(25-26)18-11-13-23-14-12-18/h7-14,24H,2-6,15-16H2,1H3. The molecule has 152 valence electrons. The molecule has 7 heteroatoms. The van der Waals surface area contributed by atoms with Crippen LogP contribution in [0.15, 0.2) is 53.7 Å². The molecular weight excluding hydrogens is 384 g/mol. The maximum absolute atomic E-state index is 12.6. The van der Waals surface area contributed by atoms with Crippen molar-refractivity contribution in [3.8, 4) is 11.3 Å². The van der Waals surface area contributed by atoms with Crippen LogP contribution in [0.5, 0.6) is 0 Å². The van der Waals surface area contributed by atoms with Gasteiger partial charge < -0.3 is 0 Å². The lowest BCUT2D eigenvalue weighted by Crippen LogP contribution is -2.28. The van der Waals surface area contributed by atoms with E-state index in [2.05, 4.69) is 9.71 Å². The van der Waals surface area contributed by atoms with E-state index >= 15 is 0 Å². The number of fused-ring (bicyclic) bond motifs is 1. The zero-order chi connectivity index (χ0) is 20.3. The van der Waals surface area contributed by atoms with Crippen LogP contribution in [-0.2, 0) is 35.8 Å². The van der Waals surface area contributed by atoms with E-state index < -0.39 is 10.0 Å². The predicted molar refractivity (Wildman–Crippen MR) is 113 cm³/mol. The fourth-order valence-electron chi connectivity index (χ4n) is 3.87. The third kappa shape index (κ3) is 4.26. The molecule has 4 rings (SSSR count). The molecule has 1 aliphatic carbocycles. The highest BCUT2D eigenvalue weighted by Gasteiger charge is 2.22. The van der Waals surface area contributed by atoms with Gasteiger partial charge >= 0.3 is 0 Å². The largest absolute Gasteiger partial charge is 0.267 e. The van der Waals surface area contributed by atoms with Crippen molar-refractivity contribution in [3.63, 3.8) is 0 Å². The lowest BCUT2D eigenvalue weighted by Gasteiger charge is -2.14. The molecule has 0 spiro atoms. The Balaban J connectivity index is 1.50. The second-order valence-electron chi connectivity index (χ2n) is 7.34. The van der Waals surface area contributed by atoms with Crippen LogP contribution in [0.1, 0.15) is 36.6 Å². The number of aromatic nitrogens is 3. The zero-order valence-electron chi connectivity index (χ0n) is 16.6. The summed E-state index contributed by atoms with van der Waals surface area (Å²) >= 11 is 0. The normalized spacial score (nSPS) is 14.0. The minimum absolute atomic E-state index is 0.301. The highest BCUT2D eigenvalue weighted by atomic mass is 32.2. The summed E-state index contributed by atoms with van der Waals surface area (Å²) in [6, 6.07) is 11.0. The Morgan fingerprint density at radius 2 is 1.76 bits per heavy atom. The number of sulfonamides is 1. The molecule has 2 aromatic heterocycles. The average Bonchev–Trinajstić information content (AvgIpc) is 3.13. The number of hydrogen-bond acceptors (Lipinski definition) is 4. The van der Waals surface area contributed by atoms with Crippen LogP contribution in [0.25, 0.3) is 11.3 Å². The third-order valence-electron chi connectivity index (χ3n) is 5.47. The molecule has 0 saturated carbocycles. The molecule has 2 heterocycles. The molecule has 0 bridgehead atoms. The molecule has 0 radical (unpaired) electrons. The molecular formula is C22H26N4O2S. The van der Waals surface area contributed by atoms with Crippen LogP contribution >= 0.6 is 0 Å². The summed E-state index contributed by atoms with van der Waals surface area (Å²) in [4.78, 5) is 4.40. The quantitative estimate of drug-likeness (QED) is 0.648. The molecule has 0 atom stereocenters. The summed E-state index contributed by atoms with van der Waals surface area (Å²) in [6.45, 7) is 2.87. The van der Waals surface area contributed by atoms with Crippen molar-refractivity contribution in [2.45, 2.75) is 50.5 Å². The van der Waals surface area contributed by atoms with E-state index in [-0.39, 0.29) is 0 Å². The molecule has 3 aromatic rings. The number of nitrogens with zero attached hydrogens (tertiary/aromatic N) is 3. The van der Waals surface area contributed by atoms with Gasteiger partial charge in [-0.05, 0) is 61.9 Å². The van der Waals surface area contributed by atoms with Crippen LogP contribution in [-0.4, -0.2) is 29.7 Å². The van der Waals surface area contributed by atoms with Crippen molar-refractivity contribution in [1.82, 2.24) is 19.5 Å². The van der Waals surface area contributed by atoms with E-state index in [0.717, 1.165) is 48.9 Å². The van der Waals surface area contributed by atoms with Crippen LogP contribution in [0.2, 0.25) is 0 Å². The molecule has 1 aliphatic rings.